The molecule has 0 radical (unpaired) electrons. The Balaban J connectivity index is 1.89. The fourth-order valence-corrected chi connectivity index (χ4v) is 3.12. The van der Waals surface area contributed by atoms with Gasteiger partial charge in [0.25, 0.3) is 0 Å². The summed E-state index contributed by atoms with van der Waals surface area (Å²) in [6.07, 6.45) is 0.398. The lowest BCUT2D eigenvalue weighted by Gasteiger charge is -2.23. The molecule has 1 heterocycles. The number of benzene rings is 2. The highest BCUT2D eigenvalue weighted by Crippen LogP contribution is 2.28. The van der Waals surface area contributed by atoms with Gasteiger partial charge in [0.05, 0.1) is 5.71 Å². The minimum atomic E-state index is -3.92. The van der Waals surface area contributed by atoms with Crippen molar-refractivity contribution < 1.29 is 17.4 Å². The maximum absolute atomic E-state index is 12.2. The maximum Gasteiger partial charge on any atom is 0.358 e. The first kappa shape index (κ1) is 15.6. The van der Waals surface area contributed by atoms with Crippen molar-refractivity contribution in [1.82, 2.24) is 0 Å². The van der Waals surface area contributed by atoms with Crippen molar-refractivity contribution in [3.05, 3.63) is 59.7 Å². The van der Waals surface area contributed by atoms with Crippen LogP contribution in [-0.2, 0) is 14.4 Å². The third-order valence-electron chi connectivity index (χ3n) is 3.56. The van der Waals surface area contributed by atoms with Crippen molar-refractivity contribution in [2.75, 3.05) is 0 Å². The number of rotatable bonds is 3. The lowest BCUT2D eigenvalue weighted by Crippen LogP contribution is -2.25. The molecular weight excluding hydrogens is 314 g/mol. The molecule has 1 aliphatic rings. The highest BCUT2D eigenvalue weighted by atomic mass is 32.2. The molecule has 0 bridgehead atoms. The fraction of sp³-hybridized carbons (Fsp3) is 0.235. The molecular formula is C17H17NO4S. The van der Waals surface area contributed by atoms with Gasteiger partial charge in [0, 0.05) is 12.0 Å². The van der Waals surface area contributed by atoms with Crippen LogP contribution in [0.15, 0.2) is 58.6 Å². The van der Waals surface area contributed by atoms with E-state index in [0.717, 1.165) is 11.1 Å². The smallest absolute Gasteiger partial charge is 0.358 e. The van der Waals surface area contributed by atoms with Crippen LogP contribution in [0.5, 0.6) is 5.75 Å². The van der Waals surface area contributed by atoms with Gasteiger partial charge in [0.1, 0.15) is 16.7 Å². The van der Waals surface area contributed by atoms with Crippen molar-refractivity contribution in [1.29, 1.82) is 0 Å². The number of hydrogen-bond donors (Lipinski definition) is 0. The zero-order valence-electron chi connectivity index (χ0n) is 12.9. The summed E-state index contributed by atoms with van der Waals surface area (Å²) in [5.41, 5.74) is 2.29. The van der Waals surface area contributed by atoms with E-state index < -0.39 is 10.1 Å². The molecule has 5 nitrogen and oxygen atoms in total. The summed E-state index contributed by atoms with van der Waals surface area (Å²) in [5, 5.41) is 3.89. The molecule has 3 rings (SSSR count). The second kappa shape index (κ2) is 6.04. The second-order valence-corrected chi connectivity index (χ2v) is 7.04. The molecule has 0 spiro atoms. The van der Waals surface area contributed by atoms with Crippen LogP contribution in [0.1, 0.15) is 24.5 Å². The summed E-state index contributed by atoms with van der Waals surface area (Å²) in [7, 11) is -3.92. The summed E-state index contributed by atoms with van der Waals surface area (Å²) in [5.74, 6) is 0.682. The average Bonchev–Trinajstić information content (AvgIpc) is 2.53. The number of nitrogens with zero attached hydrogens (tertiary/aromatic N) is 1. The molecule has 1 aliphatic heterocycles. The number of ether oxygens (including phenoxy) is 1. The number of para-hydroxylation sites is 1. The SMILES string of the molecule is Cc1ccc(S(=O)(=O)O/N=C2\CC(C)Oc3ccccc32)cc1. The van der Waals surface area contributed by atoms with E-state index in [1.807, 2.05) is 38.1 Å². The van der Waals surface area contributed by atoms with Crippen molar-refractivity contribution in [3.63, 3.8) is 0 Å². The summed E-state index contributed by atoms with van der Waals surface area (Å²) in [4.78, 5) is 0.0841. The molecule has 0 aliphatic carbocycles. The minimum Gasteiger partial charge on any atom is -0.490 e. The van der Waals surface area contributed by atoms with Gasteiger partial charge in [0.2, 0.25) is 0 Å². The first-order valence-corrected chi connectivity index (χ1v) is 8.70. The molecule has 0 N–H and O–H groups in total. The molecule has 0 saturated carbocycles. The van der Waals surface area contributed by atoms with E-state index in [2.05, 4.69) is 5.16 Å². The third-order valence-corrected chi connectivity index (χ3v) is 4.68. The molecule has 23 heavy (non-hydrogen) atoms. The van der Waals surface area contributed by atoms with Gasteiger partial charge in [-0.05, 0) is 38.1 Å². The molecule has 1 unspecified atom stereocenters. The van der Waals surface area contributed by atoms with Crippen LogP contribution in [0.2, 0.25) is 0 Å². The van der Waals surface area contributed by atoms with Crippen molar-refractivity contribution in [2.24, 2.45) is 5.16 Å². The van der Waals surface area contributed by atoms with Gasteiger partial charge in [-0.15, -0.1) is 0 Å². The van der Waals surface area contributed by atoms with Gasteiger partial charge in [-0.3, -0.25) is 4.28 Å². The highest BCUT2D eigenvalue weighted by Gasteiger charge is 2.23. The molecule has 120 valence electrons. The molecule has 2 aromatic carbocycles. The second-order valence-electron chi connectivity index (χ2n) is 5.51. The molecule has 0 aromatic heterocycles. The largest absolute Gasteiger partial charge is 0.490 e. The van der Waals surface area contributed by atoms with Gasteiger partial charge in [-0.1, -0.05) is 35.0 Å². The number of aryl methyl sites for hydroxylation is 1. The fourth-order valence-electron chi connectivity index (χ4n) is 2.38. The molecule has 0 fully saturated rings. The van der Waals surface area contributed by atoms with Gasteiger partial charge in [-0.2, -0.15) is 8.42 Å². The Labute approximate surface area is 135 Å². The molecule has 0 amide bonds. The average molecular weight is 331 g/mol. The van der Waals surface area contributed by atoms with Gasteiger partial charge in [0.15, 0.2) is 0 Å². The van der Waals surface area contributed by atoms with E-state index in [9.17, 15) is 8.42 Å². The number of fused-ring (bicyclic) bond motifs is 1. The topological polar surface area (TPSA) is 65.0 Å². The Bertz CT molecular complexity index is 841. The van der Waals surface area contributed by atoms with E-state index in [4.69, 9.17) is 9.02 Å². The monoisotopic (exact) mass is 331 g/mol. The quantitative estimate of drug-likeness (QED) is 0.810. The van der Waals surface area contributed by atoms with E-state index in [1.165, 1.54) is 12.1 Å². The van der Waals surface area contributed by atoms with E-state index >= 15 is 0 Å². The van der Waals surface area contributed by atoms with Crippen LogP contribution in [0.4, 0.5) is 0 Å². The zero-order chi connectivity index (χ0) is 16.4. The summed E-state index contributed by atoms with van der Waals surface area (Å²) in [6.45, 7) is 3.79. The number of hydrogen-bond acceptors (Lipinski definition) is 5. The van der Waals surface area contributed by atoms with E-state index in [-0.39, 0.29) is 11.0 Å². The van der Waals surface area contributed by atoms with Crippen LogP contribution >= 0.6 is 0 Å². The van der Waals surface area contributed by atoms with E-state index in [1.54, 1.807) is 12.1 Å². The first-order valence-electron chi connectivity index (χ1n) is 7.29. The maximum atomic E-state index is 12.2. The van der Waals surface area contributed by atoms with Crippen LogP contribution < -0.4 is 4.74 Å². The Morgan fingerprint density at radius 2 is 1.83 bits per heavy atom. The predicted molar refractivity (Wildman–Crippen MR) is 87.1 cm³/mol. The summed E-state index contributed by atoms with van der Waals surface area (Å²) in [6, 6.07) is 13.8. The van der Waals surface area contributed by atoms with Crippen molar-refractivity contribution in [2.45, 2.75) is 31.3 Å². The normalized spacial score (nSPS) is 19.0. The van der Waals surface area contributed by atoms with Gasteiger partial charge in [-0.25, -0.2) is 0 Å². The summed E-state index contributed by atoms with van der Waals surface area (Å²) < 4.78 is 35.0. The summed E-state index contributed by atoms with van der Waals surface area (Å²) >= 11 is 0. The van der Waals surface area contributed by atoms with Crippen molar-refractivity contribution >= 4 is 15.8 Å². The molecule has 0 saturated heterocycles. The standard InChI is InChI=1S/C17H17NO4S/c1-12-7-9-14(10-8-12)23(19,20)22-18-16-11-13(2)21-17-6-4-3-5-15(16)17/h3-10,13H,11H2,1-2H3/b18-16+. The van der Waals surface area contributed by atoms with Crippen LogP contribution in [0.3, 0.4) is 0 Å². The Kier molecular flexibility index (Phi) is 4.09. The van der Waals surface area contributed by atoms with E-state index in [0.29, 0.717) is 17.9 Å². The lowest BCUT2D eigenvalue weighted by molar-refractivity contribution is 0.219. The highest BCUT2D eigenvalue weighted by molar-refractivity contribution is 7.86. The van der Waals surface area contributed by atoms with Crippen LogP contribution in [-0.4, -0.2) is 20.2 Å². The predicted octanol–water partition coefficient (Wildman–Crippen LogP) is 3.28. The minimum absolute atomic E-state index is 0.0841. The zero-order valence-corrected chi connectivity index (χ0v) is 13.7. The Morgan fingerprint density at radius 1 is 1.13 bits per heavy atom. The van der Waals surface area contributed by atoms with Gasteiger partial charge < -0.3 is 4.74 Å². The molecule has 1 atom stereocenters. The molecule has 2 aromatic rings. The van der Waals surface area contributed by atoms with Crippen LogP contribution in [0, 0.1) is 6.92 Å². The Hall–Kier alpha value is -2.34. The Morgan fingerprint density at radius 3 is 2.57 bits per heavy atom. The number of oxime groups is 1. The first-order chi connectivity index (χ1) is 11.0. The molecule has 6 heteroatoms. The lowest BCUT2D eigenvalue weighted by atomic mass is 10.0. The van der Waals surface area contributed by atoms with Crippen LogP contribution in [0.25, 0.3) is 0 Å². The third kappa shape index (κ3) is 3.37. The van der Waals surface area contributed by atoms with Crippen molar-refractivity contribution in [3.8, 4) is 5.75 Å². The van der Waals surface area contributed by atoms with Gasteiger partial charge >= 0.3 is 10.1 Å².